The second-order valence-electron chi connectivity index (χ2n) is 7.72. The van der Waals surface area contributed by atoms with Gasteiger partial charge < -0.3 is 25.6 Å². The van der Waals surface area contributed by atoms with Crippen LogP contribution < -0.4 is 5.73 Å². The molecule has 132 valence electrons. The molecule has 3 fully saturated rings. The van der Waals surface area contributed by atoms with Crippen molar-refractivity contribution in [3.05, 3.63) is 0 Å². The summed E-state index contributed by atoms with van der Waals surface area (Å²) >= 11 is 0. The number of amides is 1. The summed E-state index contributed by atoms with van der Waals surface area (Å²) in [4.78, 5) is 14.9. The molecular weight excluding hydrogens is 296 g/mol. The number of rotatable bonds is 2. The van der Waals surface area contributed by atoms with Crippen molar-refractivity contribution in [3.8, 4) is 0 Å². The van der Waals surface area contributed by atoms with Gasteiger partial charge in [-0.05, 0) is 24.7 Å². The van der Waals surface area contributed by atoms with E-state index in [0.717, 1.165) is 25.8 Å². The molecule has 4 N–H and O–H groups in total. The van der Waals surface area contributed by atoms with Crippen molar-refractivity contribution in [2.24, 2.45) is 29.4 Å². The van der Waals surface area contributed by atoms with Gasteiger partial charge in [0.05, 0.1) is 24.2 Å². The van der Waals surface area contributed by atoms with Gasteiger partial charge in [0.2, 0.25) is 5.91 Å². The first kappa shape index (κ1) is 17.1. The van der Waals surface area contributed by atoms with Crippen molar-refractivity contribution < 1.29 is 19.7 Å². The Morgan fingerprint density at radius 1 is 1.22 bits per heavy atom. The Bertz CT molecular complexity index is 446. The van der Waals surface area contributed by atoms with E-state index in [4.69, 9.17) is 10.5 Å². The van der Waals surface area contributed by atoms with Crippen LogP contribution in [0.1, 0.15) is 32.6 Å². The summed E-state index contributed by atoms with van der Waals surface area (Å²) in [5.41, 5.74) is 6.24. The van der Waals surface area contributed by atoms with Crippen LogP contribution in [0, 0.1) is 23.7 Å². The molecule has 2 saturated carbocycles. The first-order valence-corrected chi connectivity index (χ1v) is 8.87. The largest absolute Gasteiger partial charge is 0.393 e. The highest BCUT2D eigenvalue weighted by atomic mass is 16.5. The predicted octanol–water partition coefficient (Wildman–Crippen LogP) is -0.0350. The number of nitrogens with zero attached hydrogens (tertiary/aromatic N) is 1. The van der Waals surface area contributed by atoms with Crippen molar-refractivity contribution >= 4 is 5.91 Å². The van der Waals surface area contributed by atoms with E-state index in [1.54, 1.807) is 7.11 Å². The third-order valence-electron chi connectivity index (χ3n) is 6.40. The van der Waals surface area contributed by atoms with Gasteiger partial charge in [0.15, 0.2) is 0 Å². The third-order valence-corrected chi connectivity index (χ3v) is 6.40. The second-order valence-corrected chi connectivity index (χ2v) is 7.72. The van der Waals surface area contributed by atoms with Crippen molar-refractivity contribution in [2.75, 3.05) is 20.2 Å². The molecule has 1 saturated heterocycles. The molecule has 0 radical (unpaired) electrons. The average molecular weight is 326 g/mol. The van der Waals surface area contributed by atoms with Crippen LogP contribution in [0.15, 0.2) is 0 Å². The molecule has 0 aromatic rings. The maximum atomic E-state index is 13.0. The number of methoxy groups -OCH3 is 1. The van der Waals surface area contributed by atoms with Gasteiger partial charge in [-0.15, -0.1) is 0 Å². The summed E-state index contributed by atoms with van der Waals surface area (Å²) in [7, 11) is 1.55. The van der Waals surface area contributed by atoms with Gasteiger partial charge in [-0.2, -0.15) is 0 Å². The summed E-state index contributed by atoms with van der Waals surface area (Å²) in [5.74, 6) is 0.0915. The minimum Gasteiger partial charge on any atom is -0.393 e. The minimum atomic E-state index is -0.852. The Labute approximate surface area is 138 Å². The maximum Gasteiger partial charge on any atom is 0.230 e. The summed E-state index contributed by atoms with van der Waals surface area (Å²) in [6.45, 7) is 3.32. The smallest absolute Gasteiger partial charge is 0.230 e. The fourth-order valence-electron chi connectivity index (χ4n) is 4.95. The number of nitrogens with two attached hydrogens (primary N) is 1. The maximum absolute atomic E-state index is 13.0. The van der Waals surface area contributed by atoms with Crippen LogP contribution in [0.25, 0.3) is 0 Å². The van der Waals surface area contributed by atoms with Crippen LogP contribution in [0.5, 0.6) is 0 Å². The second kappa shape index (κ2) is 6.67. The van der Waals surface area contributed by atoms with E-state index < -0.39 is 24.2 Å². The molecule has 0 aromatic carbocycles. The zero-order valence-electron chi connectivity index (χ0n) is 14.1. The molecule has 8 atom stereocenters. The number of aliphatic hydroxyl groups excluding tert-OH is 2. The quantitative estimate of drug-likeness (QED) is 0.662. The summed E-state index contributed by atoms with van der Waals surface area (Å²) in [6.07, 6.45) is 1.62. The molecule has 1 aliphatic heterocycles. The van der Waals surface area contributed by atoms with Gasteiger partial charge in [0.25, 0.3) is 0 Å². The Morgan fingerprint density at radius 3 is 2.61 bits per heavy atom. The van der Waals surface area contributed by atoms with E-state index in [-0.39, 0.29) is 24.3 Å². The number of hydrogen-bond donors (Lipinski definition) is 3. The van der Waals surface area contributed by atoms with Gasteiger partial charge in [-0.1, -0.05) is 13.3 Å². The van der Waals surface area contributed by atoms with E-state index in [1.165, 1.54) is 0 Å². The molecule has 0 bridgehead atoms. The molecule has 1 amide bonds. The standard InChI is InChI=1S/C17H30N2O4/c1-9-13(20)6-14(21)15(16(9)23-2)17(22)19-7-10-4-3-5-12(18)11(10)8-19/h9-16,20-21H,3-8,18H2,1-2H3. The average Bonchev–Trinajstić information content (AvgIpc) is 2.95. The first-order chi connectivity index (χ1) is 10.9. The van der Waals surface area contributed by atoms with Crippen LogP contribution in [0.4, 0.5) is 0 Å². The number of hydrogen-bond acceptors (Lipinski definition) is 5. The molecule has 6 heteroatoms. The first-order valence-electron chi connectivity index (χ1n) is 8.87. The molecule has 0 spiro atoms. The zero-order valence-corrected chi connectivity index (χ0v) is 14.1. The normalized spacial score (nSPS) is 47.4. The number of ether oxygens (including phenoxy) is 1. The minimum absolute atomic E-state index is 0.0373. The van der Waals surface area contributed by atoms with Gasteiger partial charge in [0.1, 0.15) is 0 Å². The Balaban J connectivity index is 1.74. The van der Waals surface area contributed by atoms with E-state index in [1.807, 2.05) is 11.8 Å². The van der Waals surface area contributed by atoms with Gasteiger partial charge >= 0.3 is 0 Å². The summed E-state index contributed by atoms with van der Waals surface area (Å²) in [6, 6.07) is 0.182. The monoisotopic (exact) mass is 326 g/mol. The Morgan fingerprint density at radius 2 is 1.96 bits per heavy atom. The SMILES string of the molecule is COC1C(C)C(O)CC(O)C1C(=O)N1CC2CCCC(N)C2C1. The number of carbonyl (C=O) groups is 1. The van der Waals surface area contributed by atoms with Crippen molar-refractivity contribution in [1.29, 1.82) is 0 Å². The fourth-order valence-corrected chi connectivity index (χ4v) is 4.95. The number of fused-ring (bicyclic) bond motifs is 1. The zero-order chi connectivity index (χ0) is 16.7. The van der Waals surface area contributed by atoms with Gasteiger partial charge in [-0.3, -0.25) is 4.79 Å². The Kier molecular flexibility index (Phi) is 4.97. The fraction of sp³-hybridized carbons (Fsp3) is 0.941. The number of likely N-dealkylation sites (tertiary alicyclic amines) is 1. The molecule has 3 rings (SSSR count). The summed E-state index contributed by atoms with van der Waals surface area (Å²) < 4.78 is 5.49. The number of carbonyl (C=O) groups excluding carboxylic acids is 1. The predicted molar refractivity (Wildman–Crippen MR) is 85.5 cm³/mol. The van der Waals surface area contributed by atoms with Crippen molar-refractivity contribution in [1.82, 2.24) is 4.90 Å². The van der Waals surface area contributed by atoms with Crippen LogP contribution >= 0.6 is 0 Å². The molecule has 2 aliphatic carbocycles. The van der Waals surface area contributed by atoms with Gasteiger partial charge in [-0.25, -0.2) is 0 Å². The van der Waals surface area contributed by atoms with E-state index in [0.29, 0.717) is 18.4 Å². The molecule has 8 unspecified atom stereocenters. The van der Waals surface area contributed by atoms with E-state index in [9.17, 15) is 15.0 Å². The highest BCUT2D eigenvalue weighted by Crippen LogP contribution is 2.38. The van der Waals surface area contributed by atoms with E-state index >= 15 is 0 Å². The van der Waals surface area contributed by atoms with Crippen LogP contribution in [0.2, 0.25) is 0 Å². The van der Waals surface area contributed by atoms with Gasteiger partial charge in [0, 0.05) is 38.6 Å². The van der Waals surface area contributed by atoms with E-state index in [2.05, 4.69) is 0 Å². The molecule has 23 heavy (non-hydrogen) atoms. The van der Waals surface area contributed by atoms with Crippen LogP contribution in [0.3, 0.4) is 0 Å². The lowest BCUT2D eigenvalue weighted by atomic mass is 9.75. The lowest BCUT2D eigenvalue weighted by Gasteiger charge is -2.42. The van der Waals surface area contributed by atoms with Crippen LogP contribution in [-0.4, -0.2) is 65.6 Å². The van der Waals surface area contributed by atoms with Crippen molar-refractivity contribution in [2.45, 2.75) is 57.0 Å². The highest BCUT2D eigenvalue weighted by molar-refractivity contribution is 5.80. The molecular formula is C17H30N2O4. The van der Waals surface area contributed by atoms with Crippen LogP contribution in [-0.2, 0) is 9.53 Å². The highest BCUT2D eigenvalue weighted by Gasteiger charge is 2.49. The Hall–Kier alpha value is -0.690. The lowest BCUT2D eigenvalue weighted by Crippen LogP contribution is -2.55. The third kappa shape index (κ3) is 3.02. The topological polar surface area (TPSA) is 96.0 Å². The van der Waals surface area contributed by atoms with Crippen molar-refractivity contribution in [3.63, 3.8) is 0 Å². The summed E-state index contributed by atoms with van der Waals surface area (Å²) in [5, 5.41) is 20.4. The number of aliphatic hydroxyl groups is 2. The lowest BCUT2D eigenvalue weighted by molar-refractivity contribution is -0.162. The molecule has 3 aliphatic rings. The molecule has 1 heterocycles. The molecule has 6 nitrogen and oxygen atoms in total. The molecule has 0 aromatic heterocycles.